The topological polar surface area (TPSA) is 92.1 Å². The van der Waals surface area contributed by atoms with Crippen LogP contribution in [0.1, 0.15) is 18.1 Å². The number of carbonyl (C=O) groups is 2. The van der Waals surface area contributed by atoms with Crippen LogP contribution >= 0.6 is 0 Å². The quantitative estimate of drug-likeness (QED) is 0.487. The summed E-state index contributed by atoms with van der Waals surface area (Å²) in [6, 6.07) is 15.5. The highest BCUT2D eigenvalue weighted by atomic mass is 16.5. The molecular formula is C25H27N3O5. The summed E-state index contributed by atoms with van der Waals surface area (Å²) in [5.41, 5.74) is 2.06. The minimum absolute atomic E-state index is 0.294. The normalized spacial score (nSPS) is 13.5. The second-order valence-corrected chi connectivity index (χ2v) is 7.26. The Labute approximate surface area is 193 Å². The molecule has 33 heavy (non-hydrogen) atoms. The second-order valence-electron chi connectivity index (χ2n) is 7.26. The van der Waals surface area contributed by atoms with Gasteiger partial charge in [0.25, 0.3) is 11.8 Å². The van der Waals surface area contributed by atoms with Gasteiger partial charge in [0, 0.05) is 27.3 Å². The third kappa shape index (κ3) is 5.22. The molecule has 8 heteroatoms. The van der Waals surface area contributed by atoms with Crippen molar-refractivity contribution in [2.45, 2.75) is 6.92 Å². The Kier molecular flexibility index (Phi) is 8.19. The van der Waals surface area contributed by atoms with E-state index in [9.17, 15) is 9.59 Å². The highest BCUT2D eigenvalue weighted by molar-refractivity contribution is 6.45. The van der Waals surface area contributed by atoms with E-state index in [4.69, 9.17) is 19.5 Å². The van der Waals surface area contributed by atoms with Gasteiger partial charge in [-0.05, 0) is 48.9 Å². The number of nitriles is 1. The molecule has 2 aromatic rings. The SMILES string of the molecule is CCOc1ccc(C2=C(N(CCOC)CCOC)C(=O)N(c3ccc(C#N)cc3)C2=O)cc1. The highest BCUT2D eigenvalue weighted by Crippen LogP contribution is 2.35. The summed E-state index contributed by atoms with van der Waals surface area (Å²) in [6.45, 7) is 4.00. The number of hydrogen-bond acceptors (Lipinski definition) is 7. The Morgan fingerprint density at radius 1 is 0.909 bits per heavy atom. The van der Waals surface area contributed by atoms with Crippen LogP contribution in [0.5, 0.6) is 5.75 Å². The predicted octanol–water partition coefficient (Wildman–Crippen LogP) is 2.84. The lowest BCUT2D eigenvalue weighted by molar-refractivity contribution is -0.120. The molecule has 0 atom stereocenters. The van der Waals surface area contributed by atoms with Crippen LogP contribution in [-0.4, -0.2) is 63.8 Å². The van der Waals surface area contributed by atoms with E-state index < -0.39 is 11.8 Å². The van der Waals surface area contributed by atoms with Gasteiger partial charge in [-0.2, -0.15) is 5.26 Å². The molecule has 0 saturated heterocycles. The van der Waals surface area contributed by atoms with E-state index in [1.165, 1.54) is 0 Å². The standard InChI is InChI=1S/C25H27N3O5/c1-4-33-21-11-7-19(8-12-21)22-23(27(13-15-31-2)14-16-32-3)25(30)28(24(22)29)20-9-5-18(17-26)6-10-20/h5-12H,4,13-16H2,1-3H3. The molecule has 0 radical (unpaired) electrons. The van der Waals surface area contributed by atoms with Gasteiger partial charge in [0.2, 0.25) is 0 Å². The largest absolute Gasteiger partial charge is 0.494 e. The fraction of sp³-hybridized carbons (Fsp3) is 0.320. The molecule has 0 N–H and O–H groups in total. The predicted molar refractivity (Wildman–Crippen MR) is 124 cm³/mol. The summed E-state index contributed by atoms with van der Waals surface area (Å²) in [5.74, 6) is -0.177. The Morgan fingerprint density at radius 2 is 1.52 bits per heavy atom. The van der Waals surface area contributed by atoms with E-state index in [1.807, 2.05) is 17.9 Å². The molecule has 2 aromatic carbocycles. The molecule has 0 aliphatic carbocycles. The van der Waals surface area contributed by atoms with Gasteiger partial charge in [-0.25, -0.2) is 4.90 Å². The van der Waals surface area contributed by atoms with Crippen LogP contribution in [0.3, 0.4) is 0 Å². The molecular weight excluding hydrogens is 422 g/mol. The van der Waals surface area contributed by atoms with Gasteiger partial charge in [0.1, 0.15) is 11.4 Å². The highest BCUT2D eigenvalue weighted by Gasteiger charge is 2.42. The first-order valence-corrected chi connectivity index (χ1v) is 10.6. The van der Waals surface area contributed by atoms with Gasteiger partial charge in [-0.15, -0.1) is 0 Å². The van der Waals surface area contributed by atoms with Gasteiger partial charge in [0.15, 0.2) is 0 Å². The van der Waals surface area contributed by atoms with Crippen molar-refractivity contribution in [2.75, 3.05) is 52.0 Å². The molecule has 0 fully saturated rings. The number of ether oxygens (including phenoxy) is 3. The van der Waals surface area contributed by atoms with Crippen LogP contribution in [0.2, 0.25) is 0 Å². The van der Waals surface area contributed by atoms with Crippen LogP contribution in [0.4, 0.5) is 5.69 Å². The van der Waals surface area contributed by atoms with Crippen LogP contribution in [-0.2, 0) is 19.1 Å². The van der Waals surface area contributed by atoms with Crippen LogP contribution < -0.4 is 9.64 Å². The molecule has 1 aliphatic rings. The molecule has 0 aromatic heterocycles. The summed E-state index contributed by atoms with van der Waals surface area (Å²) in [6.07, 6.45) is 0. The lowest BCUT2D eigenvalue weighted by atomic mass is 10.0. The van der Waals surface area contributed by atoms with Crippen molar-refractivity contribution in [1.82, 2.24) is 4.90 Å². The number of hydrogen-bond donors (Lipinski definition) is 0. The number of methoxy groups -OCH3 is 2. The molecule has 0 saturated carbocycles. The molecule has 0 spiro atoms. The summed E-state index contributed by atoms with van der Waals surface area (Å²) in [7, 11) is 3.17. The number of rotatable bonds is 11. The zero-order valence-corrected chi connectivity index (χ0v) is 19.0. The first-order chi connectivity index (χ1) is 16.0. The fourth-order valence-electron chi connectivity index (χ4n) is 3.61. The van der Waals surface area contributed by atoms with Gasteiger partial charge in [-0.1, -0.05) is 12.1 Å². The van der Waals surface area contributed by atoms with Crippen LogP contribution in [0, 0.1) is 11.3 Å². The van der Waals surface area contributed by atoms with Gasteiger partial charge in [0.05, 0.1) is 42.7 Å². The maximum atomic E-state index is 13.6. The second kappa shape index (κ2) is 11.3. The third-order valence-corrected chi connectivity index (χ3v) is 5.21. The molecule has 172 valence electrons. The van der Waals surface area contributed by atoms with Gasteiger partial charge >= 0.3 is 0 Å². The number of amides is 2. The third-order valence-electron chi connectivity index (χ3n) is 5.21. The first kappa shape index (κ1) is 24.0. The van der Waals surface area contributed by atoms with E-state index in [2.05, 4.69) is 0 Å². The van der Waals surface area contributed by atoms with Gasteiger partial charge < -0.3 is 19.1 Å². The minimum atomic E-state index is -0.430. The fourth-order valence-corrected chi connectivity index (χ4v) is 3.61. The number of benzene rings is 2. The number of imide groups is 1. The Morgan fingerprint density at radius 3 is 2.03 bits per heavy atom. The number of carbonyl (C=O) groups excluding carboxylic acids is 2. The average Bonchev–Trinajstić information content (AvgIpc) is 3.10. The van der Waals surface area contributed by atoms with Crippen molar-refractivity contribution in [3.8, 4) is 11.8 Å². The molecule has 2 amide bonds. The summed E-state index contributed by atoms with van der Waals surface area (Å²) in [4.78, 5) is 30.2. The molecule has 0 bridgehead atoms. The Balaban J connectivity index is 2.09. The zero-order valence-electron chi connectivity index (χ0n) is 19.0. The molecule has 3 rings (SSSR count). The molecule has 1 heterocycles. The van der Waals surface area contributed by atoms with E-state index in [0.717, 1.165) is 4.90 Å². The zero-order chi connectivity index (χ0) is 23.8. The van der Waals surface area contributed by atoms with E-state index in [-0.39, 0.29) is 0 Å². The Bertz CT molecular complexity index is 1050. The Hall–Kier alpha value is -3.67. The van der Waals surface area contributed by atoms with Gasteiger partial charge in [-0.3, -0.25) is 9.59 Å². The van der Waals surface area contributed by atoms with Crippen molar-refractivity contribution < 1.29 is 23.8 Å². The first-order valence-electron chi connectivity index (χ1n) is 10.6. The van der Waals surface area contributed by atoms with Crippen LogP contribution in [0.25, 0.3) is 5.57 Å². The molecule has 1 aliphatic heterocycles. The summed E-state index contributed by atoms with van der Waals surface area (Å²) < 4.78 is 16.0. The number of anilines is 1. The smallest absolute Gasteiger partial charge is 0.282 e. The van der Waals surface area contributed by atoms with Crippen molar-refractivity contribution >= 4 is 23.1 Å². The van der Waals surface area contributed by atoms with Crippen molar-refractivity contribution in [3.05, 3.63) is 65.4 Å². The van der Waals surface area contributed by atoms with E-state index in [1.54, 1.807) is 62.8 Å². The van der Waals surface area contributed by atoms with Crippen molar-refractivity contribution in [3.63, 3.8) is 0 Å². The summed E-state index contributed by atoms with van der Waals surface area (Å²) >= 11 is 0. The van der Waals surface area contributed by atoms with E-state index in [0.29, 0.717) is 66.7 Å². The van der Waals surface area contributed by atoms with Crippen molar-refractivity contribution in [1.29, 1.82) is 5.26 Å². The monoisotopic (exact) mass is 449 g/mol. The average molecular weight is 450 g/mol. The molecule has 0 unspecified atom stereocenters. The lowest BCUT2D eigenvalue weighted by Crippen LogP contribution is -2.37. The van der Waals surface area contributed by atoms with Crippen LogP contribution in [0.15, 0.2) is 54.2 Å². The van der Waals surface area contributed by atoms with E-state index >= 15 is 0 Å². The maximum Gasteiger partial charge on any atom is 0.282 e. The summed E-state index contributed by atoms with van der Waals surface area (Å²) in [5, 5.41) is 9.08. The lowest BCUT2D eigenvalue weighted by Gasteiger charge is -2.25. The number of nitrogens with zero attached hydrogens (tertiary/aromatic N) is 3. The minimum Gasteiger partial charge on any atom is -0.494 e. The molecule has 8 nitrogen and oxygen atoms in total. The van der Waals surface area contributed by atoms with Crippen molar-refractivity contribution in [2.24, 2.45) is 0 Å². The maximum absolute atomic E-state index is 13.6.